The fourth-order valence-corrected chi connectivity index (χ4v) is 3.41. The molecule has 3 rings (SSSR count). The molecule has 0 bridgehead atoms. The number of benzene rings is 2. The Kier molecular flexibility index (Phi) is 8.08. The number of aromatic nitrogens is 1. The molecule has 0 atom stereocenters. The van der Waals surface area contributed by atoms with Crippen LogP contribution < -0.4 is 25.3 Å². The van der Waals surface area contributed by atoms with Crippen LogP contribution in [0.25, 0.3) is 0 Å². The third-order valence-electron chi connectivity index (χ3n) is 5.09. The van der Waals surface area contributed by atoms with Crippen LogP contribution >= 0.6 is 0 Å². The van der Waals surface area contributed by atoms with Gasteiger partial charge in [0.25, 0.3) is 5.91 Å². The molecule has 0 saturated heterocycles. The molecule has 0 aliphatic carbocycles. The summed E-state index contributed by atoms with van der Waals surface area (Å²) in [6, 6.07) is 10.4. The highest BCUT2D eigenvalue weighted by Crippen LogP contribution is 2.37. The summed E-state index contributed by atoms with van der Waals surface area (Å²) in [7, 11) is 1.35. The van der Waals surface area contributed by atoms with Gasteiger partial charge in [-0.15, -0.1) is 0 Å². The van der Waals surface area contributed by atoms with Crippen LogP contribution in [0.5, 0.6) is 23.0 Å². The van der Waals surface area contributed by atoms with Gasteiger partial charge in [0.15, 0.2) is 11.5 Å². The third-order valence-corrected chi connectivity index (χ3v) is 5.09. The van der Waals surface area contributed by atoms with Crippen molar-refractivity contribution in [3.8, 4) is 23.0 Å². The lowest BCUT2D eigenvalue weighted by atomic mass is 10.1. The van der Waals surface area contributed by atoms with E-state index in [2.05, 4.69) is 15.0 Å². The van der Waals surface area contributed by atoms with E-state index in [1.165, 1.54) is 37.6 Å². The van der Waals surface area contributed by atoms with Crippen LogP contribution in [0.15, 0.2) is 48.7 Å². The number of nitrogens with two attached hydrogens (primary N) is 1. The number of hydrogen-bond donors (Lipinski definition) is 2. The number of nitrogens with zero attached hydrogens (tertiary/aromatic N) is 1. The monoisotopic (exact) mass is 499 g/mol. The van der Waals surface area contributed by atoms with Crippen molar-refractivity contribution in [2.45, 2.75) is 39.7 Å². The number of carbonyl (C=O) groups excluding carboxylic acids is 2. The van der Waals surface area contributed by atoms with E-state index >= 15 is 0 Å². The number of rotatable bonds is 10. The normalized spacial score (nSPS) is 11.1. The first-order chi connectivity index (χ1) is 17.0. The fourth-order valence-electron chi connectivity index (χ4n) is 3.41. The number of aryl methyl sites for hydroxylation is 2. The summed E-state index contributed by atoms with van der Waals surface area (Å²) >= 11 is 0. The Labute approximate surface area is 207 Å². The minimum Gasteiger partial charge on any atom is -0.493 e. The van der Waals surface area contributed by atoms with E-state index in [4.69, 9.17) is 15.2 Å². The summed E-state index contributed by atoms with van der Waals surface area (Å²) in [5, 5.41) is 2.72. The van der Waals surface area contributed by atoms with Gasteiger partial charge in [-0.2, -0.15) is 8.78 Å². The number of hydrogen-bond acceptors (Lipinski definition) is 6. The topological polar surface area (TPSA) is 113 Å². The van der Waals surface area contributed by atoms with Crippen molar-refractivity contribution in [2.75, 3.05) is 12.4 Å². The van der Waals surface area contributed by atoms with Gasteiger partial charge in [-0.25, -0.2) is 0 Å². The number of pyridine rings is 1. The number of methoxy groups -OCH3 is 1. The van der Waals surface area contributed by atoms with E-state index in [0.717, 1.165) is 6.42 Å². The van der Waals surface area contributed by atoms with Crippen LogP contribution in [0, 0.1) is 6.92 Å². The summed E-state index contributed by atoms with van der Waals surface area (Å²) in [6.07, 6.45) is -0.519. The van der Waals surface area contributed by atoms with Crippen molar-refractivity contribution in [3.63, 3.8) is 0 Å². The van der Waals surface area contributed by atoms with Crippen LogP contribution in [0.2, 0.25) is 0 Å². The van der Waals surface area contributed by atoms with E-state index in [0.29, 0.717) is 30.3 Å². The molecule has 2 amide bonds. The first-order valence-electron chi connectivity index (χ1n) is 11.1. The molecular weight excluding hydrogens is 472 g/mol. The molecule has 1 aromatic heterocycles. The first-order valence-corrected chi connectivity index (χ1v) is 11.1. The lowest BCUT2D eigenvalue weighted by molar-refractivity contribution is -0.159. The highest BCUT2D eigenvalue weighted by molar-refractivity contribution is 6.06. The first kappa shape index (κ1) is 26.4. The number of nitrogens with one attached hydrogen (secondary N) is 1. The maximum absolute atomic E-state index is 13.2. The van der Waals surface area contributed by atoms with Gasteiger partial charge in [0.2, 0.25) is 5.91 Å². The molecule has 8 nitrogen and oxygen atoms in total. The molecule has 2 aromatic carbocycles. The molecule has 3 N–H and O–H groups in total. The van der Waals surface area contributed by atoms with Crippen LogP contribution in [0.4, 0.5) is 14.5 Å². The predicted molar refractivity (Wildman–Crippen MR) is 130 cm³/mol. The van der Waals surface area contributed by atoms with Gasteiger partial charge in [0.1, 0.15) is 17.1 Å². The molecule has 0 fully saturated rings. The fraction of sp³-hybridized carbons (Fsp3) is 0.269. The van der Waals surface area contributed by atoms with E-state index in [9.17, 15) is 18.4 Å². The van der Waals surface area contributed by atoms with Gasteiger partial charge in [0, 0.05) is 42.2 Å². The average Bonchev–Trinajstić information content (AvgIpc) is 2.80. The van der Waals surface area contributed by atoms with E-state index in [1.807, 2.05) is 6.92 Å². The van der Waals surface area contributed by atoms with Gasteiger partial charge in [-0.3, -0.25) is 14.6 Å². The van der Waals surface area contributed by atoms with Gasteiger partial charge < -0.3 is 25.3 Å². The largest absolute Gasteiger partial charge is 0.493 e. The maximum Gasteiger partial charge on any atom is 0.394 e. The second kappa shape index (κ2) is 11.0. The van der Waals surface area contributed by atoms with Crippen molar-refractivity contribution in [3.05, 3.63) is 71.0 Å². The Morgan fingerprint density at radius 2 is 1.81 bits per heavy atom. The highest BCUT2D eigenvalue weighted by atomic mass is 19.3. The molecule has 0 saturated carbocycles. The molecule has 190 valence electrons. The molecule has 3 aromatic rings. The molecule has 0 radical (unpaired) electrons. The van der Waals surface area contributed by atoms with Crippen molar-refractivity contribution in [2.24, 2.45) is 5.73 Å². The Bertz CT molecular complexity index is 1270. The van der Waals surface area contributed by atoms with E-state index in [1.54, 1.807) is 25.1 Å². The van der Waals surface area contributed by atoms with Gasteiger partial charge in [-0.1, -0.05) is 19.4 Å². The molecule has 0 aliphatic rings. The van der Waals surface area contributed by atoms with Crippen molar-refractivity contribution in [1.82, 2.24) is 4.98 Å². The number of halogens is 2. The lowest BCUT2D eigenvalue weighted by Crippen LogP contribution is -2.19. The van der Waals surface area contributed by atoms with Crippen molar-refractivity contribution < 1.29 is 32.6 Å². The minimum absolute atomic E-state index is 0.110. The van der Waals surface area contributed by atoms with Crippen LogP contribution in [0.3, 0.4) is 0 Å². The average molecular weight is 500 g/mol. The molecule has 36 heavy (non-hydrogen) atoms. The lowest BCUT2D eigenvalue weighted by Gasteiger charge is -2.17. The smallest absolute Gasteiger partial charge is 0.394 e. The van der Waals surface area contributed by atoms with Crippen molar-refractivity contribution in [1.29, 1.82) is 0 Å². The summed E-state index contributed by atoms with van der Waals surface area (Å²) in [6.45, 7) is 4.35. The summed E-state index contributed by atoms with van der Waals surface area (Å²) in [5.41, 5.74) is 7.54. The Hall–Kier alpha value is -4.21. The predicted octanol–water partition coefficient (Wildman–Crippen LogP) is 5.49. The van der Waals surface area contributed by atoms with E-state index in [-0.39, 0.29) is 34.1 Å². The maximum atomic E-state index is 13.2. The van der Waals surface area contributed by atoms with Crippen molar-refractivity contribution >= 4 is 17.5 Å². The number of carbonyl (C=O) groups is 2. The Balaban J connectivity index is 1.95. The summed E-state index contributed by atoms with van der Waals surface area (Å²) in [4.78, 5) is 29.1. The van der Waals surface area contributed by atoms with Crippen LogP contribution in [0.1, 0.15) is 52.2 Å². The molecule has 0 spiro atoms. The molecule has 0 unspecified atom stereocenters. The van der Waals surface area contributed by atoms with Crippen LogP contribution in [-0.4, -0.2) is 30.0 Å². The summed E-state index contributed by atoms with van der Waals surface area (Å²) < 4.78 is 42.4. The highest BCUT2D eigenvalue weighted by Gasteiger charge is 2.24. The Morgan fingerprint density at radius 3 is 2.44 bits per heavy atom. The SMILES string of the molecule is CCCc1cc(Oc2ccc(OC(C)(F)F)cc2OC)c(C(=O)Nc2ccc(C)c(C(N)=O)c2)cn1. The number of ether oxygens (including phenoxy) is 3. The Morgan fingerprint density at radius 1 is 1.06 bits per heavy atom. The van der Waals surface area contributed by atoms with Gasteiger partial charge in [-0.05, 0) is 43.2 Å². The zero-order valence-electron chi connectivity index (χ0n) is 20.4. The molecule has 1 heterocycles. The quantitative estimate of drug-likeness (QED) is 0.382. The van der Waals surface area contributed by atoms with Crippen LogP contribution in [-0.2, 0) is 6.42 Å². The number of alkyl halides is 2. The summed E-state index contributed by atoms with van der Waals surface area (Å²) in [5.74, 6) is -0.778. The minimum atomic E-state index is -3.37. The molecule has 0 aliphatic heterocycles. The number of anilines is 1. The standard InChI is InChI=1S/C26H27F2N3O5/c1-5-6-16-12-22(35-21-10-9-18(13-23(21)34-4)36-26(3,27)28)20(14-30-16)25(33)31-17-8-7-15(2)19(11-17)24(29)32/h7-14H,5-6H2,1-4H3,(H2,29,32)(H,31,33). The molecular formula is C26H27F2N3O5. The second-order valence-electron chi connectivity index (χ2n) is 8.09. The molecule has 10 heteroatoms. The van der Waals surface area contributed by atoms with Gasteiger partial charge in [0.05, 0.1) is 7.11 Å². The third kappa shape index (κ3) is 6.68. The van der Waals surface area contributed by atoms with E-state index < -0.39 is 17.9 Å². The number of primary amides is 1. The number of amides is 2. The van der Waals surface area contributed by atoms with Gasteiger partial charge >= 0.3 is 6.11 Å². The zero-order valence-corrected chi connectivity index (χ0v) is 20.4. The zero-order chi connectivity index (χ0) is 26.5. The second-order valence-corrected chi connectivity index (χ2v) is 8.09.